The molecule has 2 aliphatic rings. The normalized spacial score (nSPS) is 21.3. The van der Waals surface area contributed by atoms with Crippen LogP contribution in [0.3, 0.4) is 0 Å². The molecule has 0 unspecified atom stereocenters. The predicted octanol–water partition coefficient (Wildman–Crippen LogP) is 2.00. The molecule has 0 amide bonds. The Hall–Kier alpha value is -1.30. The number of ether oxygens (including phenoxy) is 3. The lowest BCUT2D eigenvalue weighted by Crippen LogP contribution is -2.51. The first-order chi connectivity index (χ1) is 11.3. The summed E-state index contributed by atoms with van der Waals surface area (Å²) < 4.78 is 16.4. The van der Waals surface area contributed by atoms with Crippen molar-refractivity contribution in [3.8, 4) is 11.5 Å². The van der Waals surface area contributed by atoms with E-state index in [1.165, 1.54) is 18.4 Å². The van der Waals surface area contributed by atoms with Crippen molar-refractivity contribution in [1.29, 1.82) is 0 Å². The van der Waals surface area contributed by atoms with Gasteiger partial charge in [-0.1, -0.05) is 12.1 Å². The average molecular weight is 320 g/mol. The molecule has 0 aromatic heterocycles. The molecule has 1 aromatic rings. The second-order valence-electron chi connectivity index (χ2n) is 6.31. The van der Waals surface area contributed by atoms with Crippen LogP contribution in [-0.2, 0) is 11.3 Å². The molecule has 2 fully saturated rings. The number of para-hydroxylation sites is 1. The largest absolute Gasteiger partial charge is 0.493 e. The SMILES string of the molecule is COc1cccc(CN2CCN(C3CCOCC3)CC2)c1OC. The molecule has 2 aliphatic heterocycles. The number of benzene rings is 1. The van der Waals surface area contributed by atoms with E-state index >= 15 is 0 Å². The minimum absolute atomic E-state index is 0.720. The van der Waals surface area contributed by atoms with Gasteiger partial charge in [0.2, 0.25) is 0 Å². The Kier molecular flexibility index (Phi) is 5.75. The highest BCUT2D eigenvalue weighted by molar-refractivity contribution is 5.46. The molecule has 0 bridgehead atoms. The fraction of sp³-hybridized carbons (Fsp3) is 0.667. The maximum absolute atomic E-state index is 5.55. The monoisotopic (exact) mass is 320 g/mol. The van der Waals surface area contributed by atoms with E-state index < -0.39 is 0 Å². The second kappa shape index (κ2) is 7.99. The number of hydrogen-bond acceptors (Lipinski definition) is 5. The van der Waals surface area contributed by atoms with E-state index in [2.05, 4.69) is 15.9 Å². The molecule has 2 saturated heterocycles. The van der Waals surface area contributed by atoms with Crippen LogP contribution in [0.15, 0.2) is 18.2 Å². The van der Waals surface area contributed by atoms with E-state index in [0.717, 1.165) is 63.5 Å². The minimum Gasteiger partial charge on any atom is -0.493 e. The summed E-state index contributed by atoms with van der Waals surface area (Å²) in [5.41, 5.74) is 1.20. The van der Waals surface area contributed by atoms with E-state index in [4.69, 9.17) is 14.2 Å². The van der Waals surface area contributed by atoms with Gasteiger partial charge in [0.05, 0.1) is 14.2 Å². The molecule has 0 N–H and O–H groups in total. The highest BCUT2D eigenvalue weighted by atomic mass is 16.5. The Morgan fingerprint density at radius 3 is 2.43 bits per heavy atom. The van der Waals surface area contributed by atoms with Crippen molar-refractivity contribution in [1.82, 2.24) is 9.80 Å². The number of nitrogens with zero attached hydrogens (tertiary/aromatic N) is 2. The molecule has 0 aliphatic carbocycles. The van der Waals surface area contributed by atoms with Gasteiger partial charge in [-0.3, -0.25) is 9.80 Å². The second-order valence-corrected chi connectivity index (χ2v) is 6.31. The van der Waals surface area contributed by atoms with Gasteiger partial charge < -0.3 is 14.2 Å². The van der Waals surface area contributed by atoms with Gasteiger partial charge in [0.25, 0.3) is 0 Å². The van der Waals surface area contributed by atoms with Gasteiger partial charge in [-0.15, -0.1) is 0 Å². The quantitative estimate of drug-likeness (QED) is 0.829. The van der Waals surface area contributed by atoms with E-state index in [1.807, 2.05) is 12.1 Å². The summed E-state index contributed by atoms with van der Waals surface area (Å²) in [5, 5.41) is 0. The highest BCUT2D eigenvalue weighted by Gasteiger charge is 2.25. The zero-order valence-corrected chi connectivity index (χ0v) is 14.3. The Labute approximate surface area is 139 Å². The van der Waals surface area contributed by atoms with Gasteiger partial charge in [0.15, 0.2) is 11.5 Å². The summed E-state index contributed by atoms with van der Waals surface area (Å²) in [6.45, 7) is 7.28. The molecule has 1 aromatic carbocycles. The van der Waals surface area contributed by atoms with E-state index in [9.17, 15) is 0 Å². The van der Waals surface area contributed by atoms with Crippen molar-refractivity contribution < 1.29 is 14.2 Å². The molecular weight excluding hydrogens is 292 g/mol. The van der Waals surface area contributed by atoms with Crippen molar-refractivity contribution in [2.45, 2.75) is 25.4 Å². The summed E-state index contributed by atoms with van der Waals surface area (Å²) in [6, 6.07) is 6.84. The summed E-state index contributed by atoms with van der Waals surface area (Å²) in [6.07, 6.45) is 2.37. The molecule has 0 saturated carbocycles. The zero-order valence-electron chi connectivity index (χ0n) is 14.3. The van der Waals surface area contributed by atoms with Crippen LogP contribution in [0.1, 0.15) is 18.4 Å². The van der Waals surface area contributed by atoms with Crippen molar-refractivity contribution >= 4 is 0 Å². The fourth-order valence-electron chi connectivity index (χ4n) is 3.66. The molecule has 3 rings (SSSR count). The summed E-state index contributed by atoms with van der Waals surface area (Å²) >= 11 is 0. The lowest BCUT2D eigenvalue weighted by molar-refractivity contribution is 0.0125. The van der Waals surface area contributed by atoms with Crippen LogP contribution in [0.4, 0.5) is 0 Å². The smallest absolute Gasteiger partial charge is 0.165 e. The Bertz CT molecular complexity index is 495. The maximum atomic E-state index is 5.55. The van der Waals surface area contributed by atoms with Crippen molar-refractivity contribution in [3.05, 3.63) is 23.8 Å². The molecule has 0 radical (unpaired) electrons. The highest BCUT2D eigenvalue weighted by Crippen LogP contribution is 2.31. The summed E-state index contributed by atoms with van der Waals surface area (Å²) in [7, 11) is 3.40. The predicted molar refractivity (Wildman–Crippen MR) is 90.2 cm³/mol. The maximum Gasteiger partial charge on any atom is 0.165 e. The van der Waals surface area contributed by atoms with Gasteiger partial charge in [0, 0.05) is 57.5 Å². The van der Waals surface area contributed by atoms with E-state index in [0.29, 0.717) is 0 Å². The Balaban J connectivity index is 1.56. The standard InChI is InChI=1S/C18H28N2O3/c1-21-17-5-3-4-15(18(17)22-2)14-19-8-10-20(11-9-19)16-6-12-23-13-7-16/h3-5,16H,6-14H2,1-2H3. The first-order valence-electron chi connectivity index (χ1n) is 8.56. The summed E-state index contributed by atoms with van der Waals surface area (Å²) in [4.78, 5) is 5.15. The zero-order chi connectivity index (χ0) is 16.1. The first kappa shape index (κ1) is 16.6. The van der Waals surface area contributed by atoms with Crippen LogP contribution in [0, 0.1) is 0 Å². The molecule has 128 valence electrons. The number of rotatable bonds is 5. The van der Waals surface area contributed by atoms with Crippen LogP contribution in [-0.4, -0.2) is 69.5 Å². The molecule has 23 heavy (non-hydrogen) atoms. The molecule has 0 spiro atoms. The van der Waals surface area contributed by atoms with Crippen molar-refractivity contribution in [2.24, 2.45) is 0 Å². The molecule has 0 atom stereocenters. The van der Waals surface area contributed by atoms with Crippen LogP contribution >= 0.6 is 0 Å². The fourth-order valence-corrected chi connectivity index (χ4v) is 3.66. The van der Waals surface area contributed by atoms with Gasteiger partial charge in [-0.2, -0.15) is 0 Å². The molecule has 5 nitrogen and oxygen atoms in total. The molecule has 2 heterocycles. The van der Waals surface area contributed by atoms with Gasteiger partial charge >= 0.3 is 0 Å². The first-order valence-corrected chi connectivity index (χ1v) is 8.56. The topological polar surface area (TPSA) is 34.2 Å². The van der Waals surface area contributed by atoms with Crippen LogP contribution in [0.25, 0.3) is 0 Å². The third-order valence-electron chi connectivity index (χ3n) is 4.99. The van der Waals surface area contributed by atoms with Gasteiger partial charge in [-0.25, -0.2) is 0 Å². The lowest BCUT2D eigenvalue weighted by Gasteiger charge is -2.40. The third kappa shape index (κ3) is 3.97. The average Bonchev–Trinajstić information content (AvgIpc) is 2.63. The van der Waals surface area contributed by atoms with E-state index in [-0.39, 0.29) is 0 Å². The molecule has 5 heteroatoms. The van der Waals surface area contributed by atoms with Crippen LogP contribution < -0.4 is 9.47 Å². The number of piperazine rings is 1. The third-order valence-corrected chi connectivity index (χ3v) is 4.99. The van der Waals surface area contributed by atoms with Gasteiger partial charge in [0.1, 0.15) is 0 Å². The minimum atomic E-state index is 0.720. The van der Waals surface area contributed by atoms with Gasteiger partial charge in [-0.05, 0) is 18.9 Å². The lowest BCUT2D eigenvalue weighted by atomic mass is 10.1. The number of methoxy groups -OCH3 is 2. The summed E-state index contributed by atoms with van der Waals surface area (Å²) in [5.74, 6) is 1.67. The van der Waals surface area contributed by atoms with E-state index in [1.54, 1.807) is 14.2 Å². The van der Waals surface area contributed by atoms with Crippen molar-refractivity contribution in [3.63, 3.8) is 0 Å². The Morgan fingerprint density at radius 2 is 1.78 bits per heavy atom. The van der Waals surface area contributed by atoms with Crippen LogP contribution in [0.2, 0.25) is 0 Å². The Morgan fingerprint density at radius 1 is 1.04 bits per heavy atom. The van der Waals surface area contributed by atoms with Crippen LogP contribution in [0.5, 0.6) is 11.5 Å². The van der Waals surface area contributed by atoms with Crippen molar-refractivity contribution in [2.75, 3.05) is 53.6 Å². The molecular formula is C18H28N2O3. The number of hydrogen-bond donors (Lipinski definition) is 0.